The van der Waals surface area contributed by atoms with Crippen LogP contribution in [-0.2, 0) is 19.0 Å². The zero-order valence-corrected chi connectivity index (χ0v) is 17.6. The molecule has 31 heavy (non-hydrogen) atoms. The Morgan fingerprint density at radius 2 is 2.03 bits per heavy atom. The number of carbonyl (C=O) groups is 1. The molecule has 5 nitrogen and oxygen atoms in total. The molecule has 9 heteroatoms. The molecule has 2 heterocycles. The number of rotatable bonds is 3. The monoisotopic (exact) mass is 452 g/mol. The number of alkyl halides is 3. The molecule has 0 saturated carbocycles. The number of anilines is 1. The molecule has 1 fully saturated rings. The van der Waals surface area contributed by atoms with Gasteiger partial charge in [0.2, 0.25) is 0 Å². The Morgan fingerprint density at radius 3 is 2.77 bits per heavy atom. The van der Waals surface area contributed by atoms with Crippen molar-refractivity contribution in [3.05, 3.63) is 57.7 Å². The maximum absolute atomic E-state index is 12.8. The molecule has 2 aliphatic rings. The lowest BCUT2D eigenvalue weighted by molar-refractivity contribution is -0.137. The van der Waals surface area contributed by atoms with Gasteiger partial charge >= 0.3 is 6.18 Å². The predicted octanol–water partition coefficient (Wildman–Crippen LogP) is 3.97. The first kappa shape index (κ1) is 21.9. The minimum atomic E-state index is -4.49. The van der Waals surface area contributed by atoms with Crippen LogP contribution >= 0.6 is 11.6 Å². The van der Waals surface area contributed by atoms with Gasteiger partial charge in [-0.3, -0.25) is 4.79 Å². The van der Waals surface area contributed by atoms with E-state index >= 15 is 0 Å². The molecule has 2 unspecified atom stereocenters. The van der Waals surface area contributed by atoms with Crippen LogP contribution in [0, 0.1) is 0 Å². The second-order valence-corrected chi connectivity index (χ2v) is 8.68. The third-order valence-electron chi connectivity index (χ3n) is 5.94. The van der Waals surface area contributed by atoms with E-state index in [0.717, 1.165) is 43.5 Å². The van der Waals surface area contributed by atoms with Gasteiger partial charge in [-0.1, -0.05) is 17.7 Å². The predicted molar refractivity (Wildman–Crippen MR) is 113 cm³/mol. The van der Waals surface area contributed by atoms with Crippen LogP contribution in [0.3, 0.4) is 0 Å². The number of aromatic nitrogens is 1. The average molecular weight is 453 g/mol. The van der Waals surface area contributed by atoms with Crippen LogP contribution in [0.2, 0.25) is 5.02 Å². The Labute approximate surface area is 183 Å². The first-order chi connectivity index (χ1) is 14.7. The van der Waals surface area contributed by atoms with Crippen molar-refractivity contribution in [2.75, 3.05) is 18.0 Å². The van der Waals surface area contributed by atoms with Gasteiger partial charge in [0.1, 0.15) is 5.82 Å². The van der Waals surface area contributed by atoms with E-state index in [-0.39, 0.29) is 23.0 Å². The minimum absolute atomic E-state index is 0.0520. The molecule has 0 radical (unpaired) electrons. The summed E-state index contributed by atoms with van der Waals surface area (Å²) in [5.74, 6) is 0.129. The van der Waals surface area contributed by atoms with E-state index in [2.05, 4.69) is 10.3 Å². The van der Waals surface area contributed by atoms with Crippen molar-refractivity contribution in [2.24, 2.45) is 5.73 Å². The number of hydrogen-bond acceptors (Lipinski definition) is 4. The van der Waals surface area contributed by atoms with E-state index in [1.165, 1.54) is 5.56 Å². The van der Waals surface area contributed by atoms with Crippen molar-refractivity contribution in [1.29, 1.82) is 0 Å². The van der Waals surface area contributed by atoms with Gasteiger partial charge in [0, 0.05) is 36.9 Å². The van der Waals surface area contributed by atoms with Crippen molar-refractivity contribution < 1.29 is 18.0 Å². The SMILES string of the molecule is NC1CCCc2ccc(C(=O)NC3CCN(c4ncc(C(F)(F)F)cc4Cl)C3)cc2C1. The maximum Gasteiger partial charge on any atom is 0.417 e. The fourth-order valence-corrected chi connectivity index (χ4v) is 4.58. The standard InChI is InChI=1S/C22H24ClF3N4O/c23-19-10-16(22(24,25)26)11-28-20(19)30-7-6-18(12-30)29-21(31)14-5-4-13-2-1-3-17(27)9-15(13)8-14/h4-5,8,10-11,17-18H,1-3,6-7,9,12,27H2,(H,29,31). The number of amides is 1. The Balaban J connectivity index is 1.41. The largest absolute Gasteiger partial charge is 0.417 e. The number of aryl methyl sites for hydroxylation is 1. The Morgan fingerprint density at radius 1 is 1.23 bits per heavy atom. The Bertz CT molecular complexity index is 982. The molecule has 1 aromatic carbocycles. The summed E-state index contributed by atoms with van der Waals surface area (Å²) >= 11 is 6.06. The van der Waals surface area contributed by atoms with Crippen LogP contribution in [0.15, 0.2) is 30.5 Å². The molecule has 166 valence electrons. The molecule has 2 atom stereocenters. The van der Waals surface area contributed by atoms with Crippen molar-refractivity contribution in [3.63, 3.8) is 0 Å². The molecule has 1 aromatic heterocycles. The average Bonchev–Trinajstić information content (AvgIpc) is 3.07. The maximum atomic E-state index is 12.8. The first-order valence-electron chi connectivity index (χ1n) is 10.4. The van der Waals surface area contributed by atoms with E-state index in [9.17, 15) is 18.0 Å². The lowest BCUT2D eigenvalue weighted by Gasteiger charge is -2.20. The number of hydrogen-bond donors (Lipinski definition) is 2. The molecule has 1 saturated heterocycles. The third kappa shape index (κ3) is 4.96. The highest BCUT2D eigenvalue weighted by Crippen LogP contribution is 2.34. The van der Waals surface area contributed by atoms with Gasteiger partial charge in [0.05, 0.1) is 10.6 Å². The molecule has 1 aliphatic heterocycles. The quantitative estimate of drug-likeness (QED) is 0.691. The summed E-state index contributed by atoms with van der Waals surface area (Å²) in [4.78, 5) is 18.5. The van der Waals surface area contributed by atoms with Gasteiger partial charge in [-0.25, -0.2) is 4.98 Å². The summed E-state index contributed by atoms with van der Waals surface area (Å²) in [6.07, 6.45) is 0.727. The molecular weight excluding hydrogens is 429 g/mol. The second kappa shape index (κ2) is 8.67. The summed E-state index contributed by atoms with van der Waals surface area (Å²) in [7, 11) is 0. The van der Waals surface area contributed by atoms with E-state index in [4.69, 9.17) is 17.3 Å². The molecular formula is C22H24ClF3N4O. The van der Waals surface area contributed by atoms with Crippen LogP contribution in [0.25, 0.3) is 0 Å². The van der Waals surface area contributed by atoms with E-state index in [1.807, 2.05) is 18.2 Å². The van der Waals surface area contributed by atoms with Gasteiger partial charge in [-0.05, 0) is 61.4 Å². The zero-order chi connectivity index (χ0) is 22.2. The summed E-state index contributed by atoms with van der Waals surface area (Å²) in [6.45, 7) is 0.974. The van der Waals surface area contributed by atoms with Gasteiger partial charge < -0.3 is 16.0 Å². The van der Waals surface area contributed by atoms with Gasteiger partial charge in [0.15, 0.2) is 0 Å². The number of fused-ring (bicyclic) bond motifs is 1. The highest BCUT2D eigenvalue weighted by atomic mass is 35.5. The number of nitrogens with two attached hydrogens (primary N) is 1. The van der Waals surface area contributed by atoms with Crippen molar-refractivity contribution in [2.45, 2.75) is 50.4 Å². The lowest BCUT2D eigenvalue weighted by Crippen LogP contribution is -2.37. The summed E-state index contributed by atoms with van der Waals surface area (Å²) in [5.41, 5.74) is 8.23. The fourth-order valence-electron chi connectivity index (χ4n) is 4.30. The van der Waals surface area contributed by atoms with Crippen molar-refractivity contribution in [3.8, 4) is 0 Å². The van der Waals surface area contributed by atoms with Crippen LogP contribution in [0.1, 0.15) is 46.3 Å². The molecule has 3 N–H and O–H groups in total. The van der Waals surface area contributed by atoms with Crippen LogP contribution < -0.4 is 16.0 Å². The smallest absolute Gasteiger partial charge is 0.353 e. The topological polar surface area (TPSA) is 71.2 Å². The lowest BCUT2D eigenvalue weighted by atomic mass is 9.99. The minimum Gasteiger partial charge on any atom is -0.353 e. The number of nitrogens with one attached hydrogen (secondary N) is 1. The summed E-state index contributed by atoms with van der Waals surface area (Å²) in [5, 5.41) is 2.97. The van der Waals surface area contributed by atoms with E-state index in [1.54, 1.807) is 4.90 Å². The van der Waals surface area contributed by atoms with Crippen LogP contribution in [0.5, 0.6) is 0 Å². The molecule has 1 amide bonds. The van der Waals surface area contributed by atoms with Crippen LogP contribution in [-0.4, -0.2) is 36.1 Å². The summed E-state index contributed by atoms with van der Waals surface area (Å²) < 4.78 is 38.5. The number of pyridine rings is 1. The number of benzene rings is 1. The molecule has 1 aliphatic carbocycles. The van der Waals surface area contributed by atoms with Gasteiger partial charge in [-0.15, -0.1) is 0 Å². The van der Waals surface area contributed by atoms with Gasteiger partial charge in [0.25, 0.3) is 5.91 Å². The second-order valence-electron chi connectivity index (χ2n) is 8.27. The first-order valence-corrected chi connectivity index (χ1v) is 10.7. The highest BCUT2D eigenvalue weighted by Gasteiger charge is 2.33. The van der Waals surface area contributed by atoms with Crippen molar-refractivity contribution in [1.82, 2.24) is 10.3 Å². The Hall–Kier alpha value is -2.32. The Kier molecular flexibility index (Phi) is 6.12. The molecule has 0 spiro atoms. The normalized spacial score (nSPS) is 21.5. The number of nitrogens with zero attached hydrogens (tertiary/aromatic N) is 2. The van der Waals surface area contributed by atoms with E-state index < -0.39 is 11.7 Å². The number of halogens is 4. The van der Waals surface area contributed by atoms with Crippen molar-refractivity contribution >= 4 is 23.3 Å². The zero-order valence-electron chi connectivity index (χ0n) is 16.9. The highest BCUT2D eigenvalue weighted by molar-refractivity contribution is 6.33. The third-order valence-corrected chi connectivity index (χ3v) is 6.22. The molecule has 4 rings (SSSR count). The van der Waals surface area contributed by atoms with Crippen LogP contribution in [0.4, 0.5) is 19.0 Å². The summed E-state index contributed by atoms with van der Waals surface area (Å²) in [6, 6.07) is 6.63. The van der Waals surface area contributed by atoms with E-state index in [0.29, 0.717) is 30.9 Å². The molecule has 0 bridgehead atoms. The fraction of sp³-hybridized carbons (Fsp3) is 0.455. The molecule has 2 aromatic rings. The van der Waals surface area contributed by atoms with Gasteiger partial charge in [-0.2, -0.15) is 13.2 Å². The number of carbonyl (C=O) groups excluding carboxylic acids is 1.